The van der Waals surface area contributed by atoms with Crippen LogP contribution in [0.3, 0.4) is 0 Å². The molecule has 9 nitrogen and oxygen atoms in total. The summed E-state index contributed by atoms with van der Waals surface area (Å²) in [4.78, 5) is 62.4. The first-order valence-electron chi connectivity index (χ1n) is 9.86. The van der Waals surface area contributed by atoms with E-state index in [0.29, 0.717) is 12.8 Å². The zero-order valence-electron chi connectivity index (χ0n) is 16.9. The zero-order chi connectivity index (χ0) is 21.8. The van der Waals surface area contributed by atoms with E-state index in [1.165, 1.54) is 26.2 Å². The number of methoxy groups -OCH3 is 1. The molecule has 1 aromatic rings. The third-order valence-corrected chi connectivity index (χ3v) is 5.56. The van der Waals surface area contributed by atoms with Gasteiger partial charge in [-0.1, -0.05) is 25.0 Å². The normalized spacial score (nSPS) is 21.6. The molecule has 2 aliphatic rings. The van der Waals surface area contributed by atoms with E-state index in [2.05, 4.69) is 10.1 Å². The fraction of sp³-hybridized carbons (Fsp3) is 0.476. The Hall–Kier alpha value is -3.23. The van der Waals surface area contributed by atoms with Crippen molar-refractivity contribution in [3.8, 4) is 0 Å². The van der Waals surface area contributed by atoms with Gasteiger partial charge >= 0.3 is 11.9 Å². The van der Waals surface area contributed by atoms with Crippen LogP contribution >= 0.6 is 0 Å². The molecular weight excluding hydrogens is 392 g/mol. The second kappa shape index (κ2) is 9.06. The van der Waals surface area contributed by atoms with Crippen molar-refractivity contribution in [2.45, 2.75) is 38.6 Å². The summed E-state index contributed by atoms with van der Waals surface area (Å²) < 4.78 is 9.67. The van der Waals surface area contributed by atoms with Crippen molar-refractivity contribution in [2.24, 2.45) is 11.8 Å². The Kier molecular flexibility index (Phi) is 6.49. The number of fused-ring (bicyclic) bond motifs is 1. The van der Waals surface area contributed by atoms with E-state index in [9.17, 15) is 24.0 Å². The van der Waals surface area contributed by atoms with Gasteiger partial charge in [0.1, 0.15) is 6.04 Å². The Bertz CT molecular complexity index is 858. The van der Waals surface area contributed by atoms with Crippen LogP contribution in [-0.4, -0.2) is 54.3 Å². The molecule has 1 heterocycles. The number of likely N-dealkylation sites (tertiary alicyclic amines) is 1. The first kappa shape index (κ1) is 21.5. The van der Waals surface area contributed by atoms with Gasteiger partial charge in [0.15, 0.2) is 6.61 Å². The van der Waals surface area contributed by atoms with E-state index in [0.717, 1.165) is 17.7 Å². The molecule has 1 saturated carbocycles. The largest absolute Gasteiger partial charge is 0.465 e. The summed E-state index contributed by atoms with van der Waals surface area (Å²) in [5.74, 6) is -3.54. The maximum atomic E-state index is 12.6. The van der Waals surface area contributed by atoms with Gasteiger partial charge in [-0.3, -0.25) is 19.3 Å². The maximum Gasteiger partial charge on any atom is 0.339 e. The minimum absolute atomic E-state index is 0.156. The number of imide groups is 1. The minimum Gasteiger partial charge on any atom is -0.465 e. The van der Waals surface area contributed by atoms with Crippen LogP contribution < -0.4 is 5.32 Å². The molecule has 9 heteroatoms. The number of esters is 2. The highest BCUT2D eigenvalue weighted by Gasteiger charge is 2.51. The van der Waals surface area contributed by atoms with Crippen molar-refractivity contribution in [3.05, 3.63) is 29.8 Å². The Morgan fingerprint density at radius 2 is 1.70 bits per heavy atom. The smallest absolute Gasteiger partial charge is 0.339 e. The van der Waals surface area contributed by atoms with E-state index in [1.807, 2.05) is 0 Å². The number of hydrogen-bond acceptors (Lipinski definition) is 7. The molecule has 1 saturated heterocycles. The van der Waals surface area contributed by atoms with Crippen LogP contribution in [0.2, 0.25) is 0 Å². The lowest BCUT2D eigenvalue weighted by molar-refractivity contribution is -0.159. The number of nitrogens with one attached hydrogen (secondary N) is 1. The highest BCUT2D eigenvalue weighted by molar-refractivity contribution is 6.08. The second-order valence-electron chi connectivity index (χ2n) is 7.41. The van der Waals surface area contributed by atoms with Crippen LogP contribution in [0.25, 0.3) is 0 Å². The van der Waals surface area contributed by atoms with Crippen LogP contribution in [0, 0.1) is 11.8 Å². The van der Waals surface area contributed by atoms with Gasteiger partial charge in [-0.25, -0.2) is 9.59 Å². The SMILES string of the molecule is COC(=O)c1ccccc1NC(=O)COC(=O)[C@H](C)N1C(=O)[C@@H]2CCCC[C@H]2C1=O. The lowest BCUT2D eigenvalue weighted by Gasteiger charge is -2.21. The first-order valence-corrected chi connectivity index (χ1v) is 9.86. The van der Waals surface area contributed by atoms with E-state index in [4.69, 9.17) is 4.74 Å². The molecule has 1 aliphatic heterocycles. The summed E-state index contributed by atoms with van der Waals surface area (Å²) in [5.41, 5.74) is 0.372. The van der Waals surface area contributed by atoms with Crippen LogP contribution in [0.4, 0.5) is 5.69 Å². The maximum absolute atomic E-state index is 12.6. The number of amides is 3. The van der Waals surface area contributed by atoms with Crippen molar-refractivity contribution in [3.63, 3.8) is 0 Å². The summed E-state index contributed by atoms with van der Waals surface area (Å²) >= 11 is 0. The molecule has 0 aromatic heterocycles. The van der Waals surface area contributed by atoms with E-state index in [1.54, 1.807) is 12.1 Å². The van der Waals surface area contributed by atoms with Crippen molar-refractivity contribution in [2.75, 3.05) is 19.0 Å². The number of anilines is 1. The van der Waals surface area contributed by atoms with Crippen LogP contribution in [0.15, 0.2) is 24.3 Å². The molecule has 1 aromatic carbocycles. The van der Waals surface area contributed by atoms with E-state index < -0.39 is 30.5 Å². The van der Waals surface area contributed by atoms with Gasteiger partial charge in [-0.15, -0.1) is 0 Å². The van der Waals surface area contributed by atoms with Crippen molar-refractivity contribution >= 4 is 35.3 Å². The van der Waals surface area contributed by atoms with Gasteiger partial charge in [0.2, 0.25) is 11.8 Å². The number of carbonyl (C=O) groups is 5. The summed E-state index contributed by atoms with van der Waals surface area (Å²) in [5, 5.41) is 2.48. The third kappa shape index (κ3) is 4.19. The number of nitrogens with zero attached hydrogens (tertiary/aromatic N) is 1. The molecule has 3 rings (SSSR count). The Balaban J connectivity index is 1.58. The summed E-state index contributed by atoms with van der Waals surface area (Å²) in [7, 11) is 1.22. The van der Waals surface area contributed by atoms with Gasteiger partial charge in [0.05, 0.1) is 30.2 Å². The van der Waals surface area contributed by atoms with Gasteiger partial charge in [-0.05, 0) is 31.9 Å². The van der Waals surface area contributed by atoms with Gasteiger partial charge in [0.25, 0.3) is 5.91 Å². The average molecular weight is 416 g/mol. The highest BCUT2D eigenvalue weighted by Crippen LogP contribution is 2.38. The van der Waals surface area contributed by atoms with Gasteiger partial charge in [-0.2, -0.15) is 0 Å². The number of rotatable bonds is 6. The molecule has 0 bridgehead atoms. The predicted molar refractivity (Wildman–Crippen MR) is 104 cm³/mol. The third-order valence-electron chi connectivity index (χ3n) is 5.56. The highest BCUT2D eigenvalue weighted by atomic mass is 16.5. The Morgan fingerprint density at radius 1 is 1.10 bits per heavy atom. The number of para-hydroxylation sites is 1. The number of benzene rings is 1. The summed E-state index contributed by atoms with van der Waals surface area (Å²) in [6.45, 7) is 0.793. The van der Waals surface area contributed by atoms with Gasteiger partial charge in [0, 0.05) is 0 Å². The van der Waals surface area contributed by atoms with Crippen molar-refractivity contribution in [1.29, 1.82) is 0 Å². The summed E-state index contributed by atoms with van der Waals surface area (Å²) in [6, 6.07) is 5.13. The fourth-order valence-corrected chi connectivity index (χ4v) is 4.00. The van der Waals surface area contributed by atoms with Gasteiger partial charge < -0.3 is 14.8 Å². The Morgan fingerprint density at radius 3 is 2.30 bits per heavy atom. The molecule has 3 amide bonds. The Labute approximate surface area is 173 Å². The minimum atomic E-state index is -1.11. The van der Waals surface area contributed by atoms with E-state index >= 15 is 0 Å². The van der Waals surface area contributed by atoms with Crippen molar-refractivity contribution < 1.29 is 33.4 Å². The molecule has 1 N–H and O–H groups in total. The standard InChI is InChI=1S/C21H24N2O7/c1-12(23-18(25)13-7-3-4-8-14(13)19(23)26)20(27)30-11-17(24)22-16-10-6-5-9-15(16)21(28)29-2/h5-6,9-10,12-14H,3-4,7-8,11H2,1-2H3,(H,22,24)/t12-,13+,14+/m0/s1. The van der Waals surface area contributed by atoms with Crippen LogP contribution in [0.5, 0.6) is 0 Å². The molecule has 1 aliphatic carbocycles. The number of ether oxygens (including phenoxy) is 2. The molecule has 0 radical (unpaired) electrons. The lowest BCUT2D eigenvalue weighted by Crippen LogP contribution is -2.45. The zero-order valence-corrected chi connectivity index (χ0v) is 16.9. The van der Waals surface area contributed by atoms with Crippen LogP contribution in [0.1, 0.15) is 43.0 Å². The summed E-state index contributed by atoms with van der Waals surface area (Å²) in [6.07, 6.45) is 3.07. The molecule has 160 valence electrons. The topological polar surface area (TPSA) is 119 Å². The molecule has 0 spiro atoms. The molecule has 0 unspecified atom stereocenters. The molecule has 3 atom stereocenters. The number of hydrogen-bond donors (Lipinski definition) is 1. The van der Waals surface area contributed by atoms with E-state index in [-0.39, 0.29) is 34.9 Å². The second-order valence-corrected chi connectivity index (χ2v) is 7.41. The van der Waals surface area contributed by atoms with Crippen molar-refractivity contribution in [1.82, 2.24) is 4.90 Å². The number of carbonyl (C=O) groups excluding carboxylic acids is 5. The first-order chi connectivity index (χ1) is 14.3. The predicted octanol–water partition coefficient (Wildman–Crippen LogP) is 1.52. The molecular formula is C21H24N2O7. The average Bonchev–Trinajstić information content (AvgIpc) is 3.01. The fourth-order valence-electron chi connectivity index (χ4n) is 4.00. The monoisotopic (exact) mass is 416 g/mol. The lowest BCUT2D eigenvalue weighted by atomic mass is 9.81. The van der Waals surface area contributed by atoms with Crippen LogP contribution in [-0.2, 0) is 28.7 Å². The molecule has 30 heavy (non-hydrogen) atoms. The molecule has 2 fully saturated rings. The quantitative estimate of drug-likeness (QED) is 0.551.